The van der Waals surface area contributed by atoms with E-state index in [-0.39, 0.29) is 30.5 Å². The molecule has 3 atom stereocenters. The molecule has 0 aromatic heterocycles. The molecule has 0 aliphatic carbocycles. The number of ether oxygens (including phenoxy) is 2. The number of hydrogen-bond acceptors (Lipinski definition) is 5. The van der Waals surface area contributed by atoms with Gasteiger partial charge >= 0.3 is 0 Å². The fraction of sp³-hybridized carbons (Fsp3) is 0.941. The zero-order valence-electron chi connectivity index (χ0n) is 14.7. The van der Waals surface area contributed by atoms with E-state index in [1.807, 2.05) is 11.8 Å². The third kappa shape index (κ3) is 5.30. The quantitative estimate of drug-likeness (QED) is 0.788. The Bertz CT molecular complexity index is 387. The molecule has 3 rings (SSSR count). The molecule has 1 amide bonds. The Morgan fingerprint density at radius 3 is 2.75 bits per heavy atom. The summed E-state index contributed by atoms with van der Waals surface area (Å²) in [4.78, 5) is 17.1. The second-order valence-corrected chi connectivity index (χ2v) is 6.98. The summed E-state index contributed by atoms with van der Waals surface area (Å²) in [6, 6.07) is 0.523. The largest absolute Gasteiger partial charge is 0.376 e. The van der Waals surface area contributed by atoms with E-state index in [2.05, 4.69) is 10.2 Å². The lowest BCUT2D eigenvalue weighted by Crippen LogP contribution is -2.49. The summed E-state index contributed by atoms with van der Waals surface area (Å²) < 4.78 is 11.5. The van der Waals surface area contributed by atoms with Gasteiger partial charge in [-0.25, -0.2) is 0 Å². The van der Waals surface area contributed by atoms with Gasteiger partial charge in [-0.3, -0.25) is 9.69 Å². The molecule has 7 heteroatoms. The lowest BCUT2D eigenvalue weighted by molar-refractivity contribution is -0.145. The Kier molecular flexibility index (Phi) is 8.23. The monoisotopic (exact) mass is 361 g/mol. The van der Waals surface area contributed by atoms with Gasteiger partial charge in [0.2, 0.25) is 0 Å². The molecule has 3 saturated heterocycles. The number of nitrogens with one attached hydrogen (secondary N) is 1. The van der Waals surface area contributed by atoms with Crippen LogP contribution in [0.4, 0.5) is 0 Å². The van der Waals surface area contributed by atoms with Gasteiger partial charge in [0.1, 0.15) is 6.10 Å². The van der Waals surface area contributed by atoms with Crippen molar-refractivity contribution in [3.05, 3.63) is 0 Å². The molecule has 0 bridgehead atoms. The van der Waals surface area contributed by atoms with Crippen molar-refractivity contribution in [3.63, 3.8) is 0 Å². The molecule has 140 valence electrons. The van der Waals surface area contributed by atoms with Gasteiger partial charge in [0.15, 0.2) is 0 Å². The topological polar surface area (TPSA) is 54.0 Å². The first-order chi connectivity index (χ1) is 11.2. The molecule has 0 spiro atoms. The molecular weight excluding hydrogens is 330 g/mol. The van der Waals surface area contributed by atoms with Crippen molar-refractivity contribution >= 4 is 18.3 Å². The van der Waals surface area contributed by atoms with Crippen molar-refractivity contribution < 1.29 is 14.3 Å². The molecule has 0 saturated carbocycles. The summed E-state index contributed by atoms with van der Waals surface area (Å²) >= 11 is 0. The molecule has 3 fully saturated rings. The standard InChI is InChI=1S/C17H31N3O3.ClH/c1-14(23-13-16-4-2-3-11-22-16)17(21)20-8-5-15(12-20)19-9-6-18-7-10-19;/h14-16,18H,2-13H2,1H3;1H. The molecule has 3 unspecified atom stereocenters. The van der Waals surface area contributed by atoms with Crippen LogP contribution in [0.3, 0.4) is 0 Å². The van der Waals surface area contributed by atoms with E-state index in [1.54, 1.807) is 0 Å². The van der Waals surface area contributed by atoms with E-state index in [0.29, 0.717) is 12.6 Å². The number of hydrogen-bond donors (Lipinski definition) is 1. The molecule has 0 radical (unpaired) electrons. The highest BCUT2D eigenvalue weighted by Crippen LogP contribution is 2.18. The van der Waals surface area contributed by atoms with Crippen LogP contribution in [0.25, 0.3) is 0 Å². The number of carbonyl (C=O) groups excluding carboxylic acids is 1. The molecule has 0 aromatic carbocycles. The maximum Gasteiger partial charge on any atom is 0.251 e. The van der Waals surface area contributed by atoms with Crippen molar-refractivity contribution in [2.24, 2.45) is 0 Å². The predicted octanol–water partition coefficient (Wildman–Crippen LogP) is 0.889. The van der Waals surface area contributed by atoms with Crippen LogP contribution in [-0.2, 0) is 14.3 Å². The highest BCUT2D eigenvalue weighted by Gasteiger charge is 2.33. The van der Waals surface area contributed by atoms with E-state index < -0.39 is 0 Å². The number of likely N-dealkylation sites (tertiary alicyclic amines) is 1. The zero-order chi connectivity index (χ0) is 16.1. The van der Waals surface area contributed by atoms with E-state index in [1.165, 1.54) is 6.42 Å². The molecule has 3 heterocycles. The van der Waals surface area contributed by atoms with Crippen LogP contribution in [-0.4, -0.2) is 86.4 Å². The van der Waals surface area contributed by atoms with Gasteiger partial charge in [-0.2, -0.15) is 0 Å². The maximum atomic E-state index is 12.6. The zero-order valence-corrected chi connectivity index (χ0v) is 15.6. The maximum absolute atomic E-state index is 12.6. The molecule has 3 aliphatic heterocycles. The summed E-state index contributed by atoms with van der Waals surface area (Å²) in [7, 11) is 0. The molecule has 0 aromatic rings. The summed E-state index contributed by atoms with van der Waals surface area (Å²) in [5.41, 5.74) is 0. The van der Waals surface area contributed by atoms with Crippen LogP contribution in [0, 0.1) is 0 Å². The van der Waals surface area contributed by atoms with E-state index in [4.69, 9.17) is 9.47 Å². The van der Waals surface area contributed by atoms with E-state index in [9.17, 15) is 4.79 Å². The van der Waals surface area contributed by atoms with Gasteiger partial charge < -0.3 is 19.7 Å². The number of amides is 1. The van der Waals surface area contributed by atoms with Crippen LogP contribution in [0.2, 0.25) is 0 Å². The summed E-state index contributed by atoms with van der Waals surface area (Å²) in [6.07, 6.45) is 4.30. The minimum atomic E-state index is -0.359. The average Bonchev–Trinajstić information content (AvgIpc) is 3.11. The molecule has 6 nitrogen and oxygen atoms in total. The lowest BCUT2D eigenvalue weighted by atomic mass is 10.1. The average molecular weight is 362 g/mol. The highest BCUT2D eigenvalue weighted by atomic mass is 35.5. The minimum absolute atomic E-state index is 0. The van der Waals surface area contributed by atoms with Gasteiger partial charge in [-0.05, 0) is 32.6 Å². The van der Waals surface area contributed by atoms with Gasteiger partial charge in [0.05, 0.1) is 12.7 Å². The Labute approximate surface area is 151 Å². The molecule has 3 aliphatic rings. The summed E-state index contributed by atoms with van der Waals surface area (Å²) in [5, 5.41) is 3.38. The predicted molar refractivity (Wildman–Crippen MR) is 95.7 cm³/mol. The lowest BCUT2D eigenvalue weighted by Gasteiger charge is -2.32. The first kappa shape index (κ1) is 19.9. The fourth-order valence-electron chi connectivity index (χ4n) is 3.81. The third-order valence-corrected chi connectivity index (χ3v) is 5.30. The second kappa shape index (κ2) is 9.92. The van der Waals surface area contributed by atoms with Crippen LogP contribution >= 0.6 is 12.4 Å². The normalized spacial score (nSPS) is 30.0. The van der Waals surface area contributed by atoms with Crippen LogP contribution in [0.15, 0.2) is 0 Å². The Morgan fingerprint density at radius 2 is 2.04 bits per heavy atom. The first-order valence-electron chi connectivity index (χ1n) is 9.21. The van der Waals surface area contributed by atoms with Crippen molar-refractivity contribution in [1.29, 1.82) is 0 Å². The second-order valence-electron chi connectivity index (χ2n) is 6.98. The fourth-order valence-corrected chi connectivity index (χ4v) is 3.81. The summed E-state index contributed by atoms with van der Waals surface area (Å²) in [6.45, 7) is 9.28. The molecule has 24 heavy (non-hydrogen) atoms. The van der Waals surface area contributed by atoms with Gasteiger partial charge in [0, 0.05) is 51.9 Å². The Morgan fingerprint density at radius 1 is 1.25 bits per heavy atom. The first-order valence-corrected chi connectivity index (χ1v) is 9.21. The molecule has 1 N–H and O–H groups in total. The third-order valence-electron chi connectivity index (χ3n) is 5.30. The van der Waals surface area contributed by atoms with E-state index in [0.717, 1.165) is 65.1 Å². The SMILES string of the molecule is CC(OCC1CCCCO1)C(=O)N1CCC(N2CCNCC2)C1.Cl. The molecular formula is C17H32ClN3O3. The van der Waals surface area contributed by atoms with Crippen molar-refractivity contribution in [2.75, 3.05) is 52.5 Å². The highest BCUT2D eigenvalue weighted by molar-refractivity contribution is 5.85. The summed E-state index contributed by atoms with van der Waals surface area (Å²) in [5.74, 6) is 0.137. The van der Waals surface area contributed by atoms with Gasteiger partial charge in [-0.1, -0.05) is 0 Å². The van der Waals surface area contributed by atoms with E-state index >= 15 is 0 Å². The van der Waals surface area contributed by atoms with Crippen LogP contribution in [0.1, 0.15) is 32.6 Å². The van der Waals surface area contributed by atoms with Crippen molar-refractivity contribution in [3.8, 4) is 0 Å². The number of rotatable bonds is 5. The van der Waals surface area contributed by atoms with Crippen LogP contribution < -0.4 is 5.32 Å². The number of nitrogens with zero attached hydrogens (tertiary/aromatic N) is 2. The number of halogens is 1. The Balaban J connectivity index is 0.00000208. The van der Waals surface area contributed by atoms with Gasteiger partial charge in [0.25, 0.3) is 5.91 Å². The van der Waals surface area contributed by atoms with Crippen molar-refractivity contribution in [1.82, 2.24) is 15.1 Å². The number of carbonyl (C=O) groups is 1. The van der Waals surface area contributed by atoms with Crippen molar-refractivity contribution in [2.45, 2.75) is 50.9 Å². The van der Waals surface area contributed by atoms with Crippen LogP contribution in [0.5, 0.6) is 0 Å². The van der Waals surface area contributed by atoms with Gasteiger partial charge in [-0.15, -0.1) is 12.4 Å². The number of piperazine rings is 1. The smallest absolute Gasteiger partial charge is 0.251 e. The Hall–Kier alpha value is -0.400. The minimum Gasteiger partial charge on any atom is -0.376 e.